The Morgan fingerprint density at radius 3 is 3.00 bits per heavy atom. The normalized spacial score (nSPS) is 11.1. The number of nitrogens with zero attached hydrogens (tertiary/aromatic N) is 2. The predicted molar refractivity (Wildman–Crippen MR) is 54.5 cm³/mol. The third-order valence-electron chi connectivity index (χ3n) is 1.66. The predicted octanol–water partition coefficient (Wildman–Crippen LogP) is 2.54. The van der Waals surface area contributed by atoms with Crippen molar-refractivity contribution in [1.82, 2.24) is 9.38 Å². The lowest BCUT2D eigenvalue weighted by Gasteiger charge is -2.04. The number of imidazole rings is 1. The van der Waals surface area contributed by atoms with Gasteiger partial charge in [-0.1, -0.05) is 0 Å². The van der Waals surface area contributed by atoms with Crippen LogP contribution in [0.4, 0.5) is 8.78 Å². The van der Waals surface area contributed by atoms with E-state index in [0.717, 1.165) is 3.70 Å². The Kier molecular flexibility index (Phi) is 2.53. The highest BCUT2D eigenvalue weighted by Crippen LogP contribution is 2.17. The summed E-state index contributed by atoms with van der Waals surface area (Å²) < 4.78 is 30.7. The first kappa shape index (κ1) is 9.63. The highest BCUT2D eigenvalue weighted by Gasteiger charge is 2.06. The van der Waals surface area contributed by atoms with Crippen LogP contribution >= 0.6 is 22.6 Å². The summed E-state index contributed by atoms with van der Waals surface area (Å²) in [6.45, 7) is -2.80. The average molecular weight is 310 g/mol. The van der Waals surface area contributed by atoms with Crippen molar-refractivity contribution in [2.75, 3.05) is 0 Å². The fraction of sp³-hybridized carbons (Fsp3) is 0.125. The maximum atomic E-state index is 11.9. The minimum Gasteiger partial charge on any atom is -0.435 e. The molecule has 6 heteroatoms. The maximum Gasteiger partial charge on any atom is 0.387 e. The van der Waals surface area contributed by atoms with Crippen LogP contribution in [0.25, 0.3) is 5.65 Å². The molecule has 0 saturated heterocycles. The first-order valence-electron chi connectivity index (χ1n) is 3.74. The second-order valence-corrected chi connectivity index (χ2v) is 3.66. The van der Waals surface area contributed by atoms with Gasteiger partial charge in [0.2, 0.25) is 0 Å². The molecule has 0 N–H and O–H groups in total. The molecule has 2 aromatic heterocycles. The van der Waals surface area contributed by atoms with Gasteiger partial charge in [-0.2, -0.15) is 8.78 Å². The molecule has 0 spiro atoms. The third-order valence-corrected chi connectivity index (χ3v) is 2.46. The Morgan fingerprint density at radius 2 is 2.29 bits per heavy atom. The van der Waals surface area contributed by atoms with Gasteiger partial charge in [-0.3, -0.25) is 4.40 Å². The molecule has 0 aromatic carbocycles. The number of pyridine rings is 1. The van der Waals surface area contributed by atoms with E-state index >= 15 is 0 Å². The van der Waals surface area contributed by atoms with Crippen LogP contribution in [0.1, 0.15) is 0 Å². The molecular formula is C8H5F2IN2O. The number of hydrogen-bond acceptors (Lipinski definition) is 2. The summed E-state index contributed by atoms with van der Waals surface area (Å²) in [5.74, 6) is 0.120. The van der Waals surface area contributed by atoms with Crippen LogP contribution in [-0.4, -0.2) is 16.0 Å². The smallest absolute Gasteiger partial charge is 0.387 e. The van der Waals surface area contributed by atoms with E-state index in [1.54, 1.807) is 16.8 Å². The van der Waals surface area contributed by atoms with E-state index in [1.807, 2.05) is 0 Å². The van der Waals surface area contributed by atoms with E-state index in [0.29, 0.717) is 5.65 Å². The second kappa shape index (κ2) is 3.68. The van der Waals surface area contributed by atoms with Gasteiger partial charge < -0.3 is 4.74 Å². The zero-order valence-corrected chi connectivity index (χ0v) is 8.98. The zero-order chi connectivity index (χ0) is 10.1. The van der Waals surface area contributed by atoms with Crippen LogP contribution in [0.2, 0.25) is 0 Å². The largest absolute Gasteiger partial charge is 0.435 e. The molecule has 0 aliphatic rings. The molecule has 0 bridgehead atoms. The van der Waals surface area contributed by atoms with Crippen molar-refractivity contribution in [3.8, 4) is 5.75 Å². The van der Waals surface area contributed by atoms with E-state index in [9.17, 15) is 8.78 Å². The maximum absolute atomic E-state index is 11.9. The number of hydrogen-bond donors (Lipinski definition) is 0. The summed E-state index contributed by atoms with van der Waals surface area (Å²) in [4.78, 5) is 4.02. The van der Waals surface area contributed by atoms with Crippen molar-refractivity contribution < 1.29 is 13.5 Å². The molecule has 2 rings (SSSR count). The van der Waals surface area contributed by atoms with Gasteiger partial charge >= 0.3 is 6.61 Å². The van der Waals surface area contributed by atoms with Crippen LogP contribution in [0.15, 0.2) is 24.5 Å². The molecule has 3 nitrogen and oxygen atoms in total. The highest BCUT2D eigenvalue weighted by atomic mass is 127. The lowest BCUT2D eigenvalue weighted by molar-refractivity contribution is -0.0498. The Balaban J connectivity index is 2.42. The van der Waals surface area contributed by atoms with Crippen LogP contribution in [0.3, 0.4) is 0 Å². The fourth-order valence-electron chi connectivity index (χ4n) is 1.11. The molecule has 0 aliphatic carbocycles. The van der Waals surface area contributed by atoms with Gasteiger partial charge in [0.25, 0.3) is 0 Å². The average Bonchev–Trinajstić information content (AvgIpc) is 2.46. The highest BCUT2D eigenvalue weighted by molar-refractivity contribution is 14.1. The number of aromatic nitrogens is 2. The molecule has 0 amide bonds. The molecule has 0 atom stereocenters. The van der Waals surface area contributed by atoms with Crippen LogP contribution < -0.4 is 4.74 Å². The van der Waals surface area contributed by atoms with Gasteiger partial charge in [-0.25, -0.2) is 4.98 Å². The Bertz CT molecular complexity index is 458. The van der Waals surface area contributed by atoms with Gasteiger partial charge in [0.05, 0.1) is 6.20 Å². The lowest BCUT2D eigenvalue weighted by Crippen LogP contribution is -2.02. The van der Waals surface area contributed by atoms with E-state index in [-0.39, 0.29) is 5.75 Å². The Morgan fingerprint density at radius 1 is 1.50 bits per heavy atom. The third kappa shape index (κ3) is 1.79. The van der Waals surface area contributed by atoms with Crippen molar-refractivity contribution in [1.29, 1.82) is 0 Å². The van der Waals surface area contributed by atoms with Crippen molar-refractivity contribution in [2.24, 2.45) is 0 Å². The number of halogens is 3. The van der Waals surface area contributed by atoms with E-state index < -0.39 is 6.61 Å². The van der Waals surface area contributed by atoms with Crippen LogP contribution in [0.5, 0.6) is 5.75 Å². The second-order valence-electron chi connectivity index (χ2n) is 2.55. The van der Waals surface area contributed by atoms with Gasteiger partial charge in [0.1, 0.15) is 15.1 Å². The molecule has 2 aromatic rings. The van der Waals surface area contributed by atoms with Crippen molar-refractivity contribution in [3.63, 3.8) is 0 Å². The molecule has 74 valence electrons. The minimum absolute atomic E-state index is 0.120. The Hall–Kier alpha value is -0.920. The van der Waals surface area contributed by atoms with Gasteiger partial charge in [0, 0.05) is 12.3 Å². The topological polar surface area (TPSA) is 26.5 Å². The van der Waals surface area contributed by atoms with Crippen molar-refractivity contribution in [2.45, 2.75) is 6.61 Å². The number of fused-ring (bicyclic) bond motifs is 1. The standard InChI is InChI=1S/C8H5F2IN2O/c9-8(10)14-5-1-2-13-6(11)4-12-7(13)3-5/h1-4,8H. The minimum atomic E-state index is -2.80. The van der Waals surface area contributed by atoms with Crippen LogP contribution in [-0.2, 0) is 0 Å². The summed E-state index contributed by atoms with van der Waals surface area (Å²) in [5, 5.41) is 0. The Labute approximate surface area is 91.8 Å². The summed E-state index contributed by atoms with van der Waals surface area (Å²) in [5.41, 5.74) is 0.590. The van der Waals surface area contributed by atoms with Gasteiger partial charge in [-0.05, 0) is 28.7 Å². The molecule has 0 saturated carbocycles. The summed E-state index contributed by atoms with van der Waals surface area (Å²) in [6.07, 6.45) is 3.30. The number of rotatable bonds is 2. The first-order chi connectivity index (χ1) is 6.66. The van der Waals surface area contributed by atoms with E-state index in [4.69, 9.17) is 0 Å². The molecular weight excluding hydrogens is 305 g/mol. The number of alkyl halides is 2. The molecule has 2 heterocycles. The summed E-state index contributed by atoms with van der Waals surface area (Å²) in [7, 11) is 0. The quantitative estimate of drug-likeness (QED) is 0.797. The summed E-state index contributed by atoms with van der Waals surface area (Å²) >= 11 is 2.10. The monoisotopic (exact) mass is 310 g/mol. The fourth-order valence-corrected chi connectivity index (χ4v) is 1.65. The van der Waals surface area contributed by atoms with Crippen molar-refractivity contribution in [3.05, 3.63) is 28.2 Å². The number of ether oxygens (including phenoxy) is 1. The van der Waals surface area contributed by atoms with E-state index in [2.05, 4.69) is 32.3 Å². The van der Waals surface area contributed by atoms with Crippen molar-refractivity contribution >= 4 is 28.2 Å². The molecule has 0 fully saturated rings. The van der Waals surface area contributed by atoms with E-state index in [1.165, 1.54) is 12.1 Å². The van der Waals surface area contributed by atoms with Gasteiger partial charge in [0.15, 0.2) is 0 Å². The van der Waals surface area contributed by atoms with Crippen LogP contribution in [0, 0.1) is 3.70 Å². The SMILES string of the molecule is FC(F)Oc1ccn2c(I)cnc2c1. The molecule has 0 unspecified atom stereocenters. The zero-order valence-electron chi connectivity index (χ0n) is 6.82. The summed E-state index contributed by atoms with van der Waals surface area (Å²) in [6, 6.07) is 2.94. The molecule has 0 radical (unpaired) electrons. The first-order valence-corrected chi connectivity index (χ1v) is 4.82. The lowest BCUT2D eigenvalue weighted by atomic mass is 10.4. The molecule has 14 heavy (non-hydrogen) atoms. The van der Waals surface area contributed by atoms with Gasteiger partial charge in [-0.15, -0.1) is 0 Å². The molecule has 0 aliphatic heterocycles.